The van der Waals surface area contributed by atoms with Crippen LogP contribution in [0.15, 0.2) is 40.0 Å². The van der Waals surface area contributed by atoms with Crippen molar-refractivity contribution in [2.75, 3.05) is 5.33 Å². The van der Waals surface area contributed by atoms with Crippen LogP contribution in [0.3, 0.4) is 0 Å². The molecule has 1 radical (unpaired) electrons. The maximum Gasteiger partial charge on any atom is 0.0107 e. The molecule has 1 heterocycles. The van der Waals surface area contributed by atoms with Gasteiger partial charge in [0.05, 0.1) is 0 Å². The lowest BCUT2D eigenvalue weighted by Crippen LogP contribution is -1.94. The third-order valence-corrected chi connectivity index (χ3v) is 4.93. The lowest BCUT2D eigenvalue weighted by molar-refractivity contribution is 1.22. The van der Waals surface area contributed by atoms with E-state index >= 15 is 0 Å². The molecule has 1 aromatic carbocycles. The average molecular weight is 296 g/mol. The van der Waals surface area contributed by atoms with E-state index < -0.39 is 0 Å². The molecule has 0 saturated carbocycles. The van der Waals surface area contributed by atoms with Gasteiger partial charge in [-0.1, -0.05) is 28.1 Å². The van der Waals surface area contributed by atoms with Crippen molar-refractivity contribution in [1.29, 1.82) is 0 Å². The first-order valence-electron chi connectivity index (χ1n) is 5.36. The van der Waals surface area contributed by atoms with Gasteiger partial charge in [-0.05, 0) is 58.4 Å². The van der Waals surface area contributed by atoms with Crippen LogP contribution in [-0.4, -0.2) is 5.33 Å². The summed E-state index contributed by atoms with van der Waals surface area (Å²) in [5.74, 6) is 0. The summed E-state index contributed by atoms with van der Waals surface area (Å²) in [4.78, 5) is 1.46. The van der Waals surface area contributed by atoms with Crippen molar-refractivity contribution in [1.82, 2.24) is 0 Å². The summed E-state index contributed by atoms with van der Waals surface area (Å²) in [5, 5.41) is 5.53. The molecule has 0 nitrogen and oxygen atoms in total. The van der Waals surface area contributed by atoms with Crippen molar-refractivity contribution < 1.29 is 0 Å². The van der Waals surface area contributed by atoms with Gasteiger partial charge in [0.25, 0.3) is 0 Å². The quantitative estimate of drug-likeness (QED) is 0.609. The van der Waals surface area contributed by atoms with Gasteiger partial charge in [-0.25, -0.2) is 0 Å². The van der Waals surface area contributed by atoms with Crippen LogP contribution < -0.4 is 0 Å². The molecule has 0 unspecified atom stereocenters. The van der Waals surface area contributed by atoms with Crippen LogP contribution in [0.2, 0.25) is 0 Å². The molecule has 0 aromatic heterocycles. The molecule has 0 amide bonds. The minimum Gasteiger partial charge on any atom is -0.186 e. The van der Waals surface area contributed by atoms with Crippen molar-refractivity contribution in [3.8, 4) is 0 Å². The zero-order chi connectivity index (χ0) is 11.5. The normalized spacial score (nSPS) is 16.1. The Bertz CT molecular complexity index is 411. The molecule has 2 heteroatoms. The zero-order valence-corrected chi connectivity index (χ0v) is 12.1. The monoisotopic (exact) mass is 295 g/mol. The van der Waals surface area contributed by atoms with Crippen LogP contribution >= 0.6 is 26.8 Å². The van der Waals surface area contributed by atoms with Crippen molar-refractivity contribution in [2.45, 2.75) is 18.7 Å². The topological polar surface area (TPSA) is 0 Å². The van der Waals surface area contributed by atoms with Gasteiger partial charge >= 0.3 is 0 Å². The third-order valence-electron chi connectivity index (χ3n) is 2.76. The molecule has 0 saturated heterocycles. The van der Waals surface area contributed by atoms with Gasteiger partial charge in [0, 0.05) is 11.8 Å². The molecule has 0 atom stereocenters. The molecule has 85 valence electrons. The predicted octanol–water partition coefficient (Wildman–Crippen LogP) is 4.65. The number of thiol groups is 1. The van der Waals surface area contributed by atoms with Crippen LogP contribution in [0.4, 0.5) is 0 Å². The first-order valence-corrected chi connectivity index (χ1v) is 7.96. The van der Waals surface area contributed by atoms with Crippen LogP contribution in [0.5, 0.6) is 0 Å². The Morgan fingerprint density at radius 1 is 1.12 bits per heavy atom. The first-order chi connectivity index (χ1) is 7.72. The maximum absolute atomic E-state index is 3.47. The van der Waals surface area contributed by atoms with Crippen molar-refractivity contribution in [2.24, 2.45) is 0 Å². The van der Waals surface area contributed by atoms with Gasteiger partial charge < -0.3 is 0 Å². The number of halogens is 1. The van der Waals surface area contributed by atoms with E-state index in [1.165, 1.54) is 21.6 Å². The van der Waals surface area contributed by atoms with E-state index in [0.717, 1.165) is 5.33 Å². The van der Waals surface area contributed by atoms with Gasteiger partial charge in [-0.15, -0.1) is 0 Å². The van der Waals surface area contributed by atoms with E-state index in [1.54, 1.807) is 0 Å². The second kappa shape index (κ2) is 5.24. The van der Waals surface area contributed by atoms with Crippen molar-refractivity contribution >= 4 is 26.8 Å². The van der Waals surface area contributed by atoms with E-state index in [4.69, 9.17) is 0 Å². The van der Waals surface area contributed by atoms with Crippen LogP contribution in [0.1, 0.15) is 16.7 Å². The lowest BCUT2D eigenvalue weighted by Gasteiger charge is -2.16. The molecule has 0 N–H and O–H groups in total. The number of alkyl halides is 1. The summed E-state index contributed by atoms with van der Waals surface area (Å²) in [5.41, 5.74) is 4.14. The SMILES string of the molecule is Cc1cc([SH]2C=CC=C2)cc(C)c1[CH]CBr. The van der Waals surface area contributed by atoms with Crippen LogP contribution in [-0.2, 0) is 0 Å². The minimum atomic E-state index is -0.181. The number of rotatable bonds is 3. The number of hydrogen-bond acceptors (Lipinski definition) is 0. The fourth-order valence-corrected chi connectivity index (χ4v) is 4.03. The lowest BCUT2D eigenvalue weighted by atomic mass is 10.0. The molecule has 1 aliphatic rings. The molecule has 0 spiro atoms. The van der Waals surface area contributed by atoms with Gasteiger partial charge in [-0.2, -0.15) is 10.9 Å². The second-order valence-electron chi connectivity index (χ2n) is 3.94. The highest BCUT2D eigenvalue weighted by atomic mass is 79.9. The smallest absolute Gasteiger partial charge is 0.0107 e. The molecule has 0 bridgehead atoms. The van der Waals surface area contributed by atoms with E-state index in [9.17, 15) is 0 Å². The standard InChI is InChI=1S/C14H16BrS/c1-11-9-13(16-7-3-4-8-16)10-12(2)14(11)5-6-15/h3-5,7-10,16H,6H2,1-2H3. The van der Waals surface area contributed by atoms with E-state index in [2.05, 4.69) is 71.3 Å². The summed E-state index contributed by atoms with van der Waals surface area (Å²) in [6.45, 7) is 4.40. The fourth-order valence-electron chi connectivity index (χ4n) is 2.01. The highest BCUT2D eigenvalue weighted by molar-refractivity contribution is 9.09. The largest absolute Gasteiger partial charge is 0.186 e. The van der Waals surface area contributed by atoms with Crippen LogP contribution in [0.25, 0.3) is 0 Å². The number of hydrogen-bond donors (Lipinski definition) is 1. The summed E-state index contributed by atoms with van der Waals surface area (Å²) in [6, 6.07) is 4.65. The summed E-state index contributed by atoms with van der Waals surface area (Å²) in [6.07, 6.45) is 6.53. The van der Waals surface area contributed by atoms with E-state index in [-0.39, 0.29) is 10.9 Å². The Morgan fingerprint density at radius 3 is 2.19 bits per heavy atom. The highest BCUT2D eigenvalue weighted by Gasteiger charge is 2.08. The number of aryl methyl sites for hydroxylation is 2. The Balaban J connectivity index is 2.36. The fraction of sp³-hybridized carbons (Fsp3) is 0.214. The van der Waals surface area contributed by atoms with E-state index in [1.807, 2.05) is 0 Å². The van der Waals surface area contributed by atoms with Gasteiger partial charge in [-0.3, -0.25) is 0 Å². The Morgan fingerprint density at radius 2 is 1.69 bits per heavy atom. The van der Waals surface area contributed by atoms with E-state index in [0.29, 0.717) is 0 Å². The number of benzene rings is 1. The number of allylic oxidation sites excluding steroid dienone is 2. The van der Waals surface area contributed by atoms with Gasteiger partial charge in [0.1, 0.15) is 0 Å². The van der Waals surface area contributed by atoms with Crippen molar-refractivity contribution in [3.63, 3.8) is 0 Å². The molecule has 0 aliphatic carbocycles. The molecule has 16 heavy (non-hydrogen) atoms. The molecular formula is C14H16BrS. The molecule has 1 aromatic rings. The second-order valence-corrected chi connectivity index (χ2v) is 6.52. The molecule has 2 rings (SSSR count). The summed E-state index contributed by atoms with van der Waals surface area (Å²) < 4.78 is 0. The molecular weight excluding hydrogens is 280 g/mol. The molecule has 0 fully saturated rings. The maximum atomic E-state index is 3.47. The zero-order valence-electron chi connectivity index (χ0n) is 9.57. The summed E-state index contributed by atoms with van der Waals surface area (Å²) >= 11 is 3.47. The minimum absolute atomic E-state index is 0.181. The Hall–Kier alpha value is -0.470. The summed E-state index contributed by atoms with van der Waals surface area (Å²) in [7, 11) is -0.181. The van der Waals surface area contributed by atoms with Crippen LogP contribution in [0, 0.1) is 20.3 Å². The highest BCUT2D eigenvalue weighted by Crippen LogP contribution is 2.43. The van der Waals surface area contributed by atoms with Gasteiger partial charge in [0.2, 0.25) is 0 Å². The predicted molar refractivity (Wildman–Crippen MR) is 78.6 cm³/mol. The van der Waals surface area contributed by atoms with Crippen molar-refractivity contribution in [3.05, 3.63) is 58.2 Å². The Labute approximate surface area is 109 Å². The molecule has 1 aliphatic heterocycles. The van der Waals surface area contributed by atoms with Gasteiger partial charge in [0.15, 0.2) is 0 Å². The third kappa shape index (κ3) is 2.44. The first kappa shape index (κ1) is 12.0. The Kier molecular flexibility index (Phi) is 3.93. The average Bonchev–Trinajstić information content (AvgIpc) is 2.76.